The van der Waals surface area contributed by atoms with E-state index in [1.54, 1.807) is 6.92 Å². The van der Waals surface area contributed by atoms with Crippen LogP contribution in [0.3, 0.4) is 0 Å². The van der Waals surface area contributed by atoms with Crippen LogP contribution in [-0.2, 0) is 19.1 Å². The summed E-state index contributed by atoms with van der Waals surface area (Å²) in [4.78, 5) is 33.4. The van der Waals surface area contributed by atoms with E-state index in [0.717, 1.165) is 6.29 Å². The van der Waals surface area contributed by atoms with E-state index in [-0.39, 0.29) is 12.8 Å². The lowest BCUT2D eigenvalue weighted by molar-refractivity contribution is -0.168. The zero-order valence-electron chi connectivity index (χ0n) is 9.28. The zero-order valence-corrected chi connectivity index (χ0v) is 9.28. The Morgan fingerprint density at radius 1 is 1.50 bits per heavy atom. The molecule has 0 amide bonds. The molecule has 0 spiro atoms. The lowest BCUT2D eigenvalue weighted by Gasteiger charge is -2.31. The van der Waals surface area contributed by atoms with E-state index < -0.39 is 17.4 Å². The molecule has 16 heavy (non-hydrogen) atoms. The molecule has 1 N–H and O–H groups in total. The first-order valence-corrected chi connectivity index (χ1v) is 4.93. The molecule has 1 unspecified atom stereocenters. The number of allylic oxidation sites excluding steroid dienone is 2. The lowest BCUT2D eigenvalue weighted by atomic mass is 9.72. The van der Waals surface area contributed by atoms with Gasteiger partial charge in [0.25, 0.3) is 0 Å². The van der Waals surface area contributed by atoms with E-state index in [4.69, 9.17) is 5.11 Å². The largest absolute Gasteiger partial charge is 0.480 e. The predicted octanol–water partition coefficient (Wildman–Crippen LogP) is 0.930. The molecule has 0 radical (unpaired) electrons. The van der Waals surface area contributed by atoms with Crippen LogP contribution >= 0.6 is 0 Å². The molecule has 0 aromatic heterocycles. The summed E-state index contributed by atoms with van der Waals surface area (Å²) in [5, 5.41) is 9.16. The number of carbonyl (C=O) groups excluding carboxylic acids is 2. The highest BCUT2D eigenvalue weighted by Gasteiger charge is 2.49. The van der Waals surface area contributed by atoms with Gasteiger partial charge in [-0.3, -0.25) is 14.4 Å². The molecule has 0 aromatic rings. The highest BCUT2D eigenvalue weighted by Crippen LogP contribution is 2.40. The Kier molecular flexibility index (Phi) is 3.47. The highest BCUT2D eigenvalue weighted by molar-refractivity contribution is 6.00. The van der Waals surface area contributed by atoms with Gasteiger partial charge in [0, 0.05) is 0 Å². The monoisotopic (exact) mass is 226 g/mol. The topological polar surface area (TPSA) is 80.7 Å². The number of rotatable bonds is 3. The summed E-state index contributed by atoms with van der Waals surface area (Å²) in [7, 11) is 1.17. The number of ether oxygens (including phenoxy) is 1. The normalized spacial score (nSPS) is 25.1. The number of carboxylic acids is 1. The van der Waals surface area contributed by atoms with Crippen LogP contribution in [0.25, 0.3) is 0 Å². The Balaban J connectivity index is 3.11. The molecule has 0 heterocycles. The van der Waals surface area contributed by atoms with E-state index in [0.29, 0.717) is 17.6 Å². The zero-order chi connectivity index (χ0) is 12.3. The minimum absolute atomic E-state index is 0.0447. The summed E-state index contributed by atoms with van der Waals surface area (Å²) in [6.07, 6.45) is 1.18. The van der Waals surface area contributed by atoms with Crippen LogP contribution in [0, 0.1) is 5.41 Å². The minimum Gasteiger partial charge on any atom is -0.480 e. The second-order valence-electron chi connectivity index (χ2n) is 3.98. The number of hydrogen-bond donors (Lipinski definition) is 1. The van der Waals surface area contributed by atoms with Gasteiger partial charge >= 0.3 is 11.9 Å². The Morgan fingerprint density at radius 2 is 2.12 bits per heavy atom. The SMILES string of the molecule is COC(=O)C1(C(=O)O)CCC(C=O)=C(C)C1. The van der Waals surface area contributed by atoms with Crippen molar-refractivity contribution in [3.05, 3.63) is 11.1 Å². The fourth-order valence-electron chi connectivity index (χ4n) is 2.02. The number of carboxylic acid groups (broad SMARTS) is 1. The number of esters is 1. The maximum Gasteiger partial charge on any atom is 0.323 e. The van der Waals surface area contributed by atoms with Crippen molar-refractivity contribution in [2.75, 3.05) is 7.11 Å². The van der Waals surface area contributed by atoms with Crippen LogP contribution in [0.2, 0.25) is 0 Å². The Morgan fingerprint density at radius 3 is 2.50 bits per heavy atom. The first-order valence-electron chi connectivity index (χ1n) is 4.93. The number of aliphatic carboxylic acids is 1. The highest BCUT2D eigenvalue weighted by atomic mass is 16.5. The second kappa shape index (κ2) is 4.47. The third-order valence-corrected chi connectivity index (χ3v) is 3.06. The first kappa shape index (κ1) is 12.4. The molecule has 0 saturated carbocycles. The maximum atomic E-state index is 11.6. The van der Waals surface area contributed by atoms with Gasteiger partial charge in [-0.15, -0.1) is 0 Å². The van der Waals surface area contributed by atoms with Gasteiger partial charge in [-0.1, -0.05) is 5.57 Å². The third-order valence-electron chi connectivity index (χ3n) is 3.06. The minimum atomic E-state index is -1.52. The first-order chi connectivity index (χ1) is 7.47. The average Bonchev–Trinajstić information content (AvgIpc) is 2.27. The number of hydrogen-bond acceptors (Lipinski definition) is 4. The van der Waals surface area contributed by atoms with Crippen LogP contribution in [0.15, 0.2) is 11.1 Å². The Hall–Kier alpha value is -1.65. The lowest BCUT2D eigenvalue weighted by Crippen LogP contribution is -2.42. The average molecular weight is 226 g/mol. The van der Waals surface area contributed by atoms with E-state index in [2.05, 4.69) is 4.74 Å². The summed E-state index contributed by atoms with van der Waals surface area (Å²) >= 11 is 0. The van der Waals surface area contributed by atoms with E-state index in [9.17, 15) is 14.4 Å². The molecular formula is C11H14O5. The molecule has 0 aromatic carbocycles. The molecule has 1 rings (SSSR count). The van der Waals surface area contributed by atoms with Gasteiger partial charge in [-0.25, -0.2) is 0 Å². The third kappa shape index (κ3) is 1.85. The maximum absolute atomic E-state index is 11.6. The van der Waals surface area contributed by atoms with Crippen LogP contribution in [0.4, 0.5) is 0 Å². The van der Waals surface area contributed by atoms with Gasteiger partial charge in [-0.05, 0) is 31.8 Å². The molecule has 0 fully saturated rings. The molecule has 1 atom stereocenters. The summed E-state index contributed by atoms with van der Waals surface area (Å²) in [6.45, 7) is 1.67. The van der Waals surface area contributed by atoms with Crippen molar-refractivity contribution in [1.29, 1.82) is 0 Å². The van der Waals surface area contributed by atoms with Gasteiger partial charge < -0.3 is 9.84 Å². The van der Waals surface area contributed by atoms with E-state index in [1.807, 2.05) is 0 Å². The molecule has 0 saturated heterocycles. The molecule has 0 bridgehead atoms. The van der Waals surface area contributed by atoms with Gasteiger partial charge in [0.15, 0.2) is 5.41 Å². The smallest absolute Gasteiger partial charge is 0.323 e. The summed E-state index contributed by atoms with van der Waals surface area (Å²) in [6, 6.07) is 0. The molecule has 0 aliphatic heterocycles. The van der Waals surface area contributed by atoms with Crippen LogP contribution in [0.5, 0.6) is 0 Å². The van der Waals surface area contributed by atoms with Crippen LogP contribution in [0.1, 0.15) is 26.2 Å². The molecule has 5 heteroatoms. The van der Waals surface area contributed by atoms with Crippen molar-refractivity contribution in [2.24, 2.45) is 5.41 Å². The number of aldehydes is 1. The quantitative estimate of drug-likeness (QED) is 0.440. The molecule has 5 nitrogen and oxygen atoms in total. The Labute approximate surface area is 93.1 Å². The van der Waals surface area contributed by atoms with Crippen LogP contribution < -0.4 is 0 Å². The van der Waals surface area contributed by atoms with Gasteiger partial charge in [0.2, 0.25) is 0 Å². The van der Waals surface area contributed by atoms with Crippen molar-refractivity contribution in [3.63, 3.8) is 0 Å². The fourth-order valence-corrected chi connectivity index (χ4v) is 2.02. The second-order valence-corrected chi connectivity index (χ2v) is 3.98. The Bertz CT molecular complexity index is 369. The van der Waals surface area contributed by atoms with Crippen molar-refractivity contribution >= 4 is 18.2 Å². The summed E-state index contributed by atoms with van der Waals surface area (Å²) in [5.41, 5.74) is -0.291. The van der Waals surface area contributed by atoms with E-state index >= 15 is 0 Å². The fraction of sp³-hybridized carbons (Fsp3) is 0.545. The van der Waals surface area contributed by atoms with Crippen molar-refractivity contribution in [1.82, 2.24) is 0 Å². The van der Waals surface area contributed by atoms with Crippen molar-refractivity contribution in [3.8, 4) is 0 Å². The standard InChI is InChI=1S/C11H14O5/c1-7-5-11(9(13)14,10(15)16-2)4-3-8(7)6-12/h6H,3-5H2,1-2H3,(H,13,14). The van der Waals surface area contributed by atoms with Gasteiger partial charge in [0.1, 0.15) is 6.29 Å². The van der Waals surface area contributed by atoms with Gasteiger partial charge in [-0.2, -0.15) is 0 Å². The molecule has 1 aliphatic carbocycles. The van der Waals surface area contributed by atoms with Gasteiger partial charge in [0.05, 0.1) is 7.11 Å². The molecular weight excluding hydrogens is 212 g/mol. The number of methoxy groups -OCH3 is 1. The predicted molar refractivity (Wildman–Crippen MR) is 54.7 cm³/mol. The van der Waals surface area contributed by atoms with E-state index in [1.165, 1.54) is 7.11 Å². The summed E-state index contributed by atoms with van der Waals surface area (Å²) in [5.74, 6) is -1.94. The molecule has 88 valence electrons. The van der Waals surface area contributed by atoms with Crippen LogP contribution in [-0.4, -0.2) is 30.4 Å². The van der Waals surface area contributed by atoms with Crippen molar-refractivity contribution < 1.29 is 24.2 Å². The van der Waals surface area contributed by atoms with Crippen molar-refractivity contribution in [2.45, 2.75) is 26.2 Å². The number of carbonyl (C=O) groups is 3. The summed E-state index contributed by atoms with van der Waals surface area (Å²) < 4.78 is 4.54. The molecule has 1 aliphatic rings.